The molecule has 1 fully saturated rings. The number of hydrogen-bond acceptors (Lipinski definition) is 5. The van der Waals surface area contributed by atoms with Gasteiger partial charge >= 0.3 is 0 Å². The van der Waals surface area contributed by atoms with Crippen LogP contribution in [0.1, 0.15) is 18.7 Å². The molecule has 8 heteroatoms. The number of carbonyl (C=O) groups is 1. The van der Waals surface area contributed by atoms with Crippen molar-refractivity contribution in [3.8, 4) is 0 Å². The van der Waals surface area contributed by atoms with E-state index < -0.39 is 6.04 Å². The summed E-state index contributed by atoms with van der Waals surface area (Å²) in [7, 11) is 0. The first-order valence-electron chi connectivity index (χ1n) is 10.6. The molecule has 6 nitrogen and oxygen atoms in total. The van der Waals surface area contributed by atoms with Crippen molar-refractivity contribution in [2.45, 2.75) is 19.9 Å². The molecule has 1 atom stereocenters. The smallest absolute Gasteiger partial charge is 0.276 e. The quantitative estimate of drug-likeness (QED) is 0.446. The van der Waals surface area contributed by atoms with E-state index in [0.717, 1.165) is 26.2 Å². The number of benzene rings is 2. The number of hydrogen-bond donors (Lipinski definition) is 0. The van der Waals surface area contributed by atoms with Crippen LogP contribution in [-0.4, -0.2) is 46.8 Å². The Morgan fingerprint density at radius 1 is 1.09 bits per heavy atom. The van der Waals surface area contributed by atoms with Crippen LogP contribution in [0.25, 0.3) is 20.2 Å². The fourth-order valence-electron chi connectivity index (χ4n) is 4.37. The van der Waals surface area contributed by atoms with Crippen molar-refractivity contribution in [1.29, 1.82) is 0 Å². The highest BCUT2D eigenvalue weighted by atomic mass is 35.5. The van der Waals surface area contributed by atoms with Gasteiger partial charge in [0.2, 0.25) is 5.91 Å². The summed E-state index contributed by atoms with van der Waals surface area (Å²) in [5.74, 6) is -0.0800. The lowest BCUT2D eigenvalue weighted by Crippen LogP contribution is -2.51. The van der Waals surface area contributed by atoms with Gasteiger partial charge in [-0.25, -0.2) is 4.68 Å². The SMILES string of the molecule is Cc1nn(C(C)C(=O)N2CCN(c3cccc(Cl)c3)CC2)c(=O)c2c1sc1ccccc12. The molecule has 1 aliphatic rings. The van der Waals surface area contributed by atoms with Gasteiger partial charge in [-0.2, -0.15) is 5.10 Å². The molecule has 32 heavy (non-hydrogen) atoms. The van der Waals surface area contributed by atoms with Gasteiger partial charge in [0.15, 0.2) is 0 Å². The van der Waals surface area contributed by atoms with Crippen LogP contribution < -0.4 is 10.5 Å². The van der Waals surface area contributed by atoms with Crippen molar-refractivity contribution in [3.05, 3.63) is 69.6 Å². The number of piperazine rings is 1. The second-order valence-corrected chi connectivity index (χ2v) is 9.59. The predicted octanol–water partition coefficient (Wildman–Crippen LogP) is 4.48. The van der Waals surface area contributed by atoms with E-state index in [1.54, 1.807) is 18.3 Å². The minimum Gasteiger partial charge on any atom is -0.368 e. The second-order valence-electron chi connectivity index (χ2n) is 8.11. The number of nitrogens with zero attached hydrogens (tertiary/aromatic N) is 4. The number of carbonyl (C=O) groups excluding carboxylic acids is 1. The first kappa shape index (κ1) is 21.0. The molecule has 0 aliphatic carbocycles. The predicted molar refractivity (Wildman–Crippen MR) is 131 cm³/mol. The maximum absolute atomic E-state index is 13.4. The summed E-state index contributed by atoms with van der Waals surface area (Å²) in [5.41, 5.74) is 1.62. The van der Waals surface area contributed by atoms with Crippen molar-refractivity contribution in [3.63, 3.8) is 0 Å². The highest BCUT2D eigenvalue weighted by Crippen LogP contribution is 2.33. The average Bonchev–Trinajstić information content (AvgIpc) is 3.21. The van der Waals surface area contributed by atoms with Crippen molar-refractivity contribution < 1.29 is 4.79 Å². The third-order valence-electron chi connectivity index (χ3n) is 6.09. The van der Waals surface area contributed by atoms with E-state index >= 15 is 0 Å². The lowest BCUT2D eigenvalue weighted by atomic mass is 10.1. The fourth-order valence-corrected chi connectivity index (χ4v) is 5.69. The number of fused-ring (bicyclic) bond motifs is 3. The Bertz CT molecular complexity index is 1390. The van der Waals surface area contributed by atoms with E-state index in [-0.39, 0.29) is 11.5 Å². The van der Waals surface area contributed by atoms with Crippen molar-refractivity contribution >= 4 is 54.7 Å². The van der Waals surface area contributed by atoms with Gasteiger partial charge in [-0.05, 0) is 38.1 Å². The number of amides is 1. The Kier molecular flexibility index (Phi) is 5.39. The molecule has 0 saturated carbocycles. The van der Waals surface area contributed by atoms with Gasteiger partial charge in [0.05, 0.1) is 15.8 Å². The van der Waals surface area contributed by atoms with Crippen LogP contribution in [0.2, 0.25) is 5.02 Å². The molecule has 164 valence electrons. The Morgan fingerprint density at radius 3 is 2.59 bits per heavy atom. The summed E-state index contributed by atoms with van der Waals surface area (Å²) in [6.45, 7) is 6.28. The maximum atomic E-state index is 13.4. The van der Waals surface area contributed by atoms with Crippen LogP contribution in [0.4, 0.5) is 5.69 Å². The van der Waals surface area contributed by atoms with Gasteiger partial charge in [0.25, 0.3) is 5.56 Å². The molecule has 4 aromatic rings. The van der Waals surface area contributed by atoms with Crippen LogP contribution >= 0.6 is 22.9 Å². The van der Waals surface area contributed by atoms with Gasteiger partial charge in [0, 0.05) is 47.0 Å². The lowest BCUT2D eigenvalue weighted by Gasteiger charge is -2.37. The van der Waals surface area contributed by atoms with Gasteiger partial charge in [-0.1, -0.05) is 35.9 Å². The van der Waals surface area contributed by atoms with Crippen LogP contribution in [0.15, 0.2) is 53.3 Å². The summed E-state index contributed by atoms with van der Waals surface area (Å²) in [6.07, 6.45) is 0. The molecule has 5 rings (SSSR count). The van der Waals surface area contributed by atoms with E-state index in [4.69, 9.17) is 11.6 Å². The van der Waals surface area contributed by atoms with Gasteiger partial charge in [-0.3, -0.25) is 9.59 Å². The van der Waals surface area contributed by atoms with E-state index in [2.05, 4.69) is 10.00 Å². The number of anilines is 1. The molecule has 0 radical (unpaired) electrons. The summed E-state index contributed by atoms with van der Waals surface area (Å²) < 4.78 is 3.31. The van der Waals surface area contributed by atoms with Crippen LogP contribution in [0, 0.1) is 6.92 Å². The highest BCUT2D eigenvalue weighted by Gasteiger charge is 2.28. The second kappa shape index (κ2) is 8.22. The van der Waals surface area contributed by atoms with Crippen LogP contribution in [0.5, 0.6) is 0 Å². The third kappa shape index (κ3) is 3.55. The van der Waals surface area contributed by atoms with Crippen LogP contribution in [-0.2, 0) is 4.79 Å². The summed E-state index contributed by atoms with van der Waals surface area (Å²) >= 11 is 7.69. The lowest BCUT2D eigenvalue weighted by molar-refractivity contribution is -0.135. The zero-order chi connectivity index (χ0) is 22.4. The Labute approximate surface area is 194 Å². The standard InChI is InChI=1S/C24H23ClN4O2S/c1-15-22-21(19-8-3-4-9-20(19)32-22)24(31)29(26-15)16(2)23(30)28-12-10-27(11-13-28)18-7-5-6-17(25)14-18/h3-9,14,16H,10-13H2,1-2H3. The van der Waals surface area contributed by atoms with Crippen molar-refractivity contribution in [2.24, 2.45) is 0 Å². The molecule has 3 heterocycles. The number of halogens is 1. The molecule has 1 saturated heterocycles. The minimum atomic E-state index is -0.665. The number of aromatic nitrogens is 2. The summed E-state index contributed by atoms with van der Waals surface area (Å²) in [5, 5.41) is 6.81. The molecule has 2 aromatic carbocycles. The Hall–Kier alpha value is -2.90. The molecule has 0 spiro atoms. The zero-order valence-electron chi connectivity index (χ0n) is 17.9. The van der Waals surface area contributed by atoms with Gasteiger partial charge in [-0.15, -0.1) is 11.3 Å². The van der Waals surface area contributed by atoms with E-state index in [9.17, 15) is 9.59 Å². The zero-order valence-corrected chi connectivity index (χ0v) is 19.5. The van der Waals surface area contributed by atoms with Crippen LogP contribution in [0.3, 0.4) is 0 Å². The molecule has 0 N–H and O–H groups in total. The average molecular weight is 467 g/mol. The molecule has 1 amide bonds. The van der Waals surface area contributed by atoms with E-state index in [1.165, 1.54) is 4.68 Å². The first-order chi connectivity index (χ1) is 15.4. The van der Waals surface area contributed by atoms with Gasteiger partial charge < -0.3 is 9.80 Å². The van der Waals surface area contributed by atoms with E-state index in [1.807, 2.05) is 60.4 Å². The third-order valence-corrected chi connectivity index (χ3v) is 7.61. The van der Waals surface area contributed by atoms with E-state index in [0.29, 0.717) is 36.6 Å². The molecule has 1 aliphatic heterocycles. The first-order valence-corrected chi connectivity index (χ1v) is 11.8. The molecular weight excluding hydrogens is 444 g/mol. The molecule has 2 aromatic heterocycles. The Morgan fingerprint density at radius 2 is 1.84 bits per heavy atom. The topological polar surface area (TPSA) is 58.4 Å². The normalized spacial score (nSPS) is 15.5. The minimum absolute atomic E-state index is 0.0800. The number of thiophene rings is 1. The number of aryl methyl sites for hydroxylation is 1. The summed E-state index contributed by atoms with van der Waals surface area (Å²) in [6, 6.07) is 15.0. The number of rotatable bonds is 3. The Balaban J connectivity index is 1.40. The maximum Gasteiger partial charge on any atom is 0.276 e. The highest BCUT2D eigenvalue weighted by molar-refractivity contribution is 7.26. The molecule has 0 bridgehead atoms. The van der Waals surface area contributed by atoms with Gasteiger partial charge in [0.1, 0.15) is 6.04 Å². The van der Waals surface area contributed by atoms with Crippen molar-refractivity contribution in [2.75, 3.05) is 31.1 Å². The summed E-state index contributed by atoms with van der Waals surface area (Å²) in [4.78, 5) is 30.7. The largest absolute Gasteiger partial charge is 0.368 e. The molecule has 1 unspecified atom stereocenters. The van der Waals surface area contributed by atoms with Crippen molar-refractivity contribution in [1.82, 2.24) is 14.7 Å². The molecular formula is C24H23ClN4O2S. The fraction of sp³-hybridized carbons (Fsp3) is 0.292. The monoisotopic (exact) mass is 466 g/mol.